The first-order chi connectivity index (χ1) is 5.11. The Hall–Kier alpha value is -1.10. The number of rotatable bonds is 1. The zero-order valence-corrected chi connectivity index (χ0v) is 6.91. The van der Waals surface area contributed by atoms with Gasteiger partial charge < -0.3 is 5.21 Å². The van der Waals surface area contributed by atoms with Gasteiger partial charge in [0.05, 0.1) is 14.1 Å². The molecule has 11 heavy (non-hydrogen) atoms. The third-order valence-electron chi connectivity index (χ3n) is 1.04. The van der Waals surface area contributed by atoms with Gasteiger partial charge in [-0.1, -0.05) is 21.7 Å². The minimum absolute atomic E-state index is 0.0885. The molecule has 1 rings (SSSR count). The summed E-state index contributed by atoms with van der Waals surface area (Å²) in [7, 11) is 3.40. The molecule has 0 bridgehead atoms. The minimum Gasteiger partial charge on any atom is -0.721 e. The van der Waals surface area contributed by atoms with E-state index in [2.05, 4.69) is 10.1 Å². The highest BCUT2D eigenvalue weighted by Crippen LogP contribution is 2.01. The fourth-order valence-electron chi connectivity index (χ4n) is 0.604. The Bertz CT molecular complexity index is 265. The van der Waals surface area contributed by atoms with Gasteiger partial charge in [0, 0.05) is 0 Å². The van der Waals surface area contributed by atoms with E-state index < -0.39 is 0 Å². The number of aromatic nitrogens is 3. The highest BCUT2D eigenvalue weighted by atomic mass is 35.5. The molecule has 0 unspecified atom stereocenters. The second-order valence-corrected chi connectivity index (χ2v) is 2.54. The average molecular weight is 175 g/mol. The Kier molecular flexibility index (Phi) is 2.09. The lowest BCUT2D eigenvalue weighted by molar-refractivity contribution is -0.658. The van der Waals surface area contributed by atoms with E-state index in [9.17, 15) is 5.21 Å². The summed E-state index contributed by atoms with van der Waals surface area (Å²) in [5, 5.41) is 14.4. The number of hydrogen-bond acceptors (Lipinski definition) is 4. The Morgan fingerprint density at radius 3 is 2.73 bits per heavy atom. The van der Waals surface area contributed by atoms with E-state index in [1.54, 1.807) is 19.0 Å². The first kappa shape index (κ1) is 8.00. The third kappa shape index (κ3) is 1.68. The van der Waals surface area contributed by atoms with E-state index in [1.807, 2.05) is 0 Å². The van der Waals surface area contributed by atoms with Crippen LogP contribution < -0.4 is 9.75 Å². The molecule has 0 radical (unpaired) electrons. The molecule has 0 N–H and O–H groups in total. The largest absolute Gasteiger partial charge is 0.721 e. The van der Waals surface area contributed by atoms with Crippen molar-refractivity contribution in [3.05, 3.63) is 16.6 Å². The zero-order chi connectivity index (χ0) is 8.43. The molecule has 6 heteroatoms. The van der Waals surface area contributed by atoms with Crippen LogP contribution in [0.3, 0.4) is 0 Å². The third-order valence-corrected chi connectivity index (χ3v) is 1.22. The molecule has 1 aromatic rings. The molecule has 60 valence electrons. The van der Waals surface area contributed by atoms with E-state index >= 15 is 0 Å². The molecule has 0 aromatic carbocycles. The van der Waals surface area contributed by atoms with E-state index in [4.69, 9.17) is 11.6 Å². The molecule has 0 atom stereocenters. The van der Waals surface area contributed by atoms with Crippen molar-refractivity contribution >= 4 is 17.5 Å². The van der Waals surface area contributed by atoms with Gasteiger partial charge in [0.15, 0.2) is 5.15 Å². The van der Waals surface area contributed by atoms with Gasteiger partial charge in [-0.2, -0.15) is 0 Å². The van der Waals surface area contributed by atoms with Crippen molar-refractivity contribution in [2.75, 3.05) is 19.0 Å². The molecule has 0 spiro atoms. The van der Waals surface area contributed by atoms with Gasteiger partial charge >= 0.3 is 5.95 Å². The van der Waals surface area contributed by atoms with Crippen molar-refractivity contribution in [1.29, 1.82) is 0 Å². The second kappa shape index (κ2) is 2.87. The summed E-state index contributed by atoms with van der Waals surface area (Å²) in [5.74, 6) is 0.217. The maximum atomic E-state index is 10.9. The van der Waals surface area contributed by atoms with Crippen molar-refractivity contribution in [3.63, 3.8) is 0 Å². The maximum Gasteiger partial charge on any atom is 0.414 e. The summed E-state index contributed by atoms with van der Waals surface area (Å²) < 4.78 is 0. The van der Waals surface area contributed by atoms with Crippen LogP contribution >= 0.6 is 11.6 Å². The van der Waals surface area contributed by atoms with Gasteiger partial charge in [0.25, 0.3) is 0 Å². The summed E-state index contributed by atoms with van der Waals surface area (Å²) in [5.41, 5.74) is 0. The number of anilines is 1. The van der Waals surface area contributed by atoms with Crippen molar-refractivity contribution < 1.29 is 4.85 Å². The smallest absolute Gasteiger partial charge is 0.414 e. The topological polar surface area (TPSA) is 56.0 Å². The lowest BCUT2D eigenvalue weighted by atomic mass is 10.8. The van der Waals surface area contributed by atoms with Crippen LogP contribution in [0, 0.1) is 5.21 Å². The standard InChI is InChI=1S/C5H7ClN4O/c1-9(2)5-7-3-4(6)8-10(5)11/h3H,1-2H3. The summed E-state index contributed by atoms with van der Waals surface area (Å²) in [6.45, 7) is 0. The predicted octanol–water partition coefficient (Wildman–Crippen LogP) is -0.171. The van der Waals surface area contributed by atoms with Gasteiger partial charge in [-0.15, -0.1) is 4.85 Å². The number of halogens is 1. The zero-order valence-electron chi connectivity index (χ0n) is 6.15. The molecule has 1 heterocycles. The van der Waals surface area contributed by atoms with Gasteiger partial charge in [-0.3, -0.25) is 4.90 Å². The van der Waals surface area contributed by atoms with Crippen molar-refractivity contribution in [2.24, 2.45) is 0 Å². The summed E-state index contributed by atoms with van der Waals surface area (Å²) in [4.78, 5) is 5.69. The van der Waals surface area contributed by atoms with Crippen LogP contribution in [0.5, 0.6) is 0 Å². The van der Waals surface area contributed by atoms with Gasteiger partial charge in [-0.05, 0) is 0 Å². The fraction of sp³-hybridized carbons (Fsp3) is 0.400. The SMILES string of the molecule is CN(C)c1ncc(Cl)n[n+]1[O-]. The molecular formula is C5H7ClN4O. The van der Waals surface area contributed by atoms with Crippen LogP contribution in [0.4, 0.5) is 5.95 Å². The first-order valence-electron chi connectivity index (χ1n) is 2.91. The van der Waals surface area contributed by atoms with Crippen molar-refractivity contribution in [1.82, 2.24) is 10.1 Å². The quantitative estimate of drug-likeness (QED) is 0.438. The molecule has 0 aliphatic heterocycles. The Balaban J connectivity index is 3.09. The molecule has 0 amide bonds. The number of nitrogens with zero attached hydrogens (tertiary/aromatic N) is 4. The van der Waals surface area contributed by atoms with Crippen molar-refractivity contribution in [2.45, 2.75) is 0 Å². The van der Waals surface area contributed by atoms with Crippen LogP contribution in [0.2, 0.25) is 5.15 Å². The van der Waals surface area contributed by atoms with E-state index in [0.29, 0.717) is 4.85 Å². The lowest BCUT2D eigenvalue weighted by Crippen LogP contribution is -2.39. The highest BCUT2D eigenvalue weighted by molar-refractivity contribution is 6.29. The second-order valence-electron chi connectivity index (χ2n) is 2.15. The molecule has 0 aliphatic carbocycles. The molecular weight excluding hydrogens is 168 g/mol. The Morgan fingerprint density at radius 2 is 2.27 bits per heavy atom. The van der Waals surface area contributed by atoms with E-state index in [1.165, 1.54) is 6.20 Å². The molecule has 0 fully saturated rings. The molecule has 0 aliphatic rings. The molecule has 1 aromatic heterocycles. The first-order valence-corrected chi connectivity index (χ1v) is 3.29. The molecule has 5 nitrogen and oxygen atoms in total. The van der Waals surface area contributed by atoms with Crippen molar-refractivity contribution in [3.8, 4) is 0 Å². The molecule has 0 saturated carbocycles. The summed E-state index contributed by atoms with van der Waals surface area (Å²) >= 11 is 5.41. The van der Waals surface area contributed by atoms with Crippen LogP contribution in [0.25, 0.3) is 0 Å². The van der Waals surface area contributed by atoms with E-state index in [-0.39, 0.29) is 11.1 Å². The normalized spacial score (nSPS) is 9.73. The van der Waals surface area contributed by atoms with Gasteiger partial charge in [0.2, 0.25) is 0 Å². The number of hydrogen-bond donors (Lipinski definition) is 0. The minimum atomic E-state index is 0.0885. The molecule has 0 saturated heterocycles. The van der Waals surface area contributed by atoms with Gasteiger partial charge in [0.1, 0.15) is 6.20 Å². The summed E-state index contributed by atoms with van der Waals surface area (Å²) in [6, 6.07) is 0. The lowest BCUT2D eigenvalue weighted by Gasteiger charge is -2.08. The predicted molar refractivity (Wildman–Crippen MR) is 40.3 cm³/mol. The van der Waals surface area contributed by atoms with E-state index in [0.717, 1.165) is 0 Å². The van der Waals surface area contributed by atoms with Crippen LogP contribution in [-0.2, 0) is 0 Å². The van der Waals surface area contributed by atoms with Crippen LogP contribution in [0.1, 0.15) is 0 Å². The maximum absolute atomic E-state index is 10.9. The fourth-order valence-corrected chi connectivity index (χ4v) is 0.722. The Labute approximate surface area is 68.8 Å². The Morgan fingerprint density at radius 1 is 1.64 bits per heavy atom. The highest BCUT2D eigenvalue weighted by Gasteiger charge is 2.09. The average Bonchev–Trinajstić information content (AvgIpc) is 1.85. The van der Waals surface area contributed by atoms with Crippen LogP contribution in [0.15, 0.2) is 6.20 Å². The van der Waals surface area contributed by atoms with Crippen LogP contribution in [-0.4, -0.2) is 24.2 Å². The monoisotopic (exact) mass is 174 g/mol. The van der Waals surface area contributed by atoms with Gasteiger partial charge in [-0.25, -0.2) is 0 Å². The summed E-state index contributed by atoms with van der Waals surface area (Å²) in [6.07, 6.45) is 1.32.